The first-order valence-corrected chi connectivity index (χ1v) is 13.2. The number of anilines is 1. The van der Waals surface area contributed by atoms with E-state index in [1.807, 2.05) is 6.07 Å². The quantitative estimate of drug-likeness (QED) is 0.333. The number of ether oxygens (including phenoxy) is 2. The zero-order valence-corrected chi connectivity index (χ0v) is 21.2. The molecule has 2 aromatic carbocycles. The van der Waals surface area contributed by atoms with Gasteiger partial charge in [-0.25, -0.2) is 18.4 Å². The van der Waals surface area contributed by atoms with E-state index in [2.05, 4.69) is 14.7 Å². The van der Waals surface area contributed by atoms with Gasteiger partial charge in [0.15, 0.2) is 0 Å². The molecule has 0 bridgehead atoms. The molecule has 0 aliphatic rings. The van der Waals surface area contributed by atoms with E-state index in [9.17, 15) is 31.4 Å². The van der Waals surface area contributed by atoms with Crippen LogP contribution in [0, 0.1) is 5.82 Å². The molecule has 3 aromatic rings. The first-order valence-electron chi connectivity index (χ1n) is 10.7. The van der Waals surface area contributed by atoms with Gasteiger partial charge in [0.2, 0.25) is 5.88 Å². The van der Waals surface area contributed by atoms with Crippen LogP contribution in [0.4, 0.5) is 28.0 Å². The maximum atomic E-state index is 14.2. The molecule has 3 rings (SSSR count). The van der Waals surface area contributed by atoms with Crippen LogP contribution in [-0.2, 0) is 27.2 Å². The van der Waals surface area contributed by atoms with Gasteiger partial charge in [0.05, 0.1) is 31.6 Å². The van der Waals surface area contributed by atoms with Gasteiger partial charge in [0.1, 0.15) is 19.0 Å². The number of carbonyl (C=O) groups is 2. The second-order valence-electron chi connectivity index (χ2n) is 7.79. The van der Waals surface area contributed by atoms with Crippen LogP contribution in [0.15, 0.2) is 65.2 Å². The van der Waals surface area contributed by atoms with Crippen LogP contribution in [0.25, 0.3) is 0 Å². The maximum Gasteiger partial charge on any atom is 0.442 e. The highest BCUT2D eigenvalue weighted by molar-refractivity contribution is 7.93. The third-order valence-corrected chi connectivity index (χ3v) is 6.56. The molecule has 2 amide bonds. The molecule has 1 heterocycles. The van der Waals surface area contributed by atoms with Crippen LogP contribution in [0.3, 0.4) is 0 Å². The average Bonchev–Trinajstić information content (AvgIpc) is 2.83. The molecule has 0 fully saturated rings. The fourth-order valence-electron chi connectivity index (χ4n) is 2.95. The number of halogens is 5. The Morgan fingerprint density at radius 2 is 1.84 bits per heavy atom. The fraction of sp³-hybridized carbons (Fsp3) is 0.208. The lowest BCUT2D eigenvalue weighted by Gasteiger charge is -2.12. The number of hydrogen-bond donors (Lipinski definition) is 1. The van der Waals surface area contributed by atoms with E-state index < -0.39 is 49.9 Å². The van der Waals surface area contributed by atoms with Crippen molar-refractivity contribution in [3.8, 4) is 5.88 Å². The van der Waals surface area contributed by atoms with E-state index >= 15 is 0 Å². The SMILES string of the molecule is CS(=O)(CCOc1cc(NC(=O)c2cc(Cl)c(C(F)(F)F)cc2F)ccn1)=NC(=O)OCc1ccccc1. The minimum Gasteiger partial charge on any atom is -0.477 e. The van der Waals surface area contributed by atoms with E-state index in [-0.39, 0.29) is 36.6 Å². The van der Waals surface area contributed by atoms with Crippen molar-refractivity contribution in [2.75, 3.05) is 23.9 Å². The molecule has 0 aliphatic heterocycles. The number of carbonyl (C=O) groups excluding carboxylic acids is 2. The summed E-state index contributed by atoms with van der Waals surface area (Å²) in [6, 6.07) is 12.2. The number of amides is 2. The van der Waals surface area contributed by atoms with Crippen LogP contribution in [0.2, 0.25) is 5.02 Å². The number of aromatic nitrogens is 1. The molecule has 14 heteroatoms. The molecule has 0 saturated carbocycles. The molecule has 1 N–H and O–H groups in total. The van der Waals surface area contributed by atoms with Gasteiger partial charge in [-0.1, -0.05) is 41.9 Å². The molecule has 0 saturated heterocycles. The Kier molecular flexibility index (Phi) is 9.28. The zero-order valence-electron chi connectivity index (χ0n) is 19.6. The summed E-state index contributed by atoms with van der Waals surface area (Å²) >= 11 is 5.57. The monoisotopic (exact) mass is 573 g/mol. The molecule has 1 atom stereocenters. The largest absolute Gasteiger partial charge is 0.477 e. The van der Waals surface area contributed by atoms with Crippen molar-refractivity contribution in [3.63, 3.8) is 0 Å². The Bertz CT molecular complexity index is 1440. The van der Waals surface area contributed by atoms with Crippen molar-refractivity contribution >= 4 is 39.0 Å². The van der Waals surface area contributed by atoms with Crippen LogP contribution in [0.5, 0.6) is 5.88 Å². The Hall–Kier alpha value is -3.71. The molecule has 0 spiro atoms. The van der Waals surface area contributed by atoms with Crippen molar-refractivity contribution < 1.29 is 40.8 Å². The second kappa shape index (κ2) is 12.2. The first-order chi connectivity index (χ1) is 17.8. The van der Waals surface area contributed by atoms with E-state index in [0.717, 1.165) is 5.56 Å². The zero-order chi connectivity index (χ0) is 27.9. The van der Waals surface area contributed by atoms with Crippen molar-refractivity contribution in [2.45, 2.75) is 12.8 Å². The number of alkyl halides is 3. The number of hydrogen-bond acceptors (Lipinski definition) is 6. The van der Waals surface area contributed by atoms with Crippen LogP contribution >= 0.6 is 11.6 Å². The Morgan fingerprint density at radius 3 is 2.53 bits per heavy atom. The van der Waals surface area contributed by atoms with Crippen LogP contribution < -0.4 is 10.1 Å². The van der Waals surface area contributed by atoms with Crippen molar-refractivity contribution in [1.82, 2.24) is 4.98 Å². The molecule has 1 aromatic heterocycles. The number of nitrogens with one attached hydrogen (secondary N) is 1. The first kappa shape index (κ1) is 28.9. The number of pyridine rings is 1. The lowest BCUT2D eigenvalue weighted by Crippen LogP contribution is -2.16. The van der Waals surface area contributed by atoms with Gasteiger partial charge in [-0.2, -0.15) is 13.2 Å². The van der Waals surface area contributed by atoms with Crippen molar-refractivity contribution in [2.24, 2.45) is 4.36 Å². The lowest BCUT2D eigenvalue weighted by atomic mass is 10.1. The normalized spacial score (nSPS) is 12.8. The lowest BCUT2D eigenvalue weighted by molar-refractivity contribution is -0.137. The standard InChI is InChI=1S/C24H20ClF4N3O5S/c1-38(35,32-23(34)37-14-15-5-3-2-4-6-15)10-9-36-21-11-16(7-8-30-21)31-22(33)17-12-19(25)18(13-20(17)26)24(27,28)29/h2-8,11-13H,9-10,14H2,1H3,(H,30,31,33). The topological polar surface area (TPSA) is 107 Å². The summed E-state index contributed by atoms with van der Waals surface area (Å²) in [6.45, 7) is -0.196. The Morgan fingerprint density at radius 1 is 1.13 bits per heavy atom. The second-order valence-corrected chi connectivity index (χ2v) is 10.7. The highest BCUT2D eigenvalue weighted by Gasteiger charge is 2.34. The number of nitrogens with zero attached hydrogens (tertiary/aromatic N) is 2. The summed E-state index contributed by atoms with van der Waals surface area (Å²) in [5.74, 6) is -2.63. The summed E-state index contributed by atoms with van der Waals surface area (Å²) < 4.78 is 79.3. The molecular weight excluding hydrogens is 554 g/mol. The van der Waals surface area contributed by atoms with E-state index in [0.29, 0.717) is 6.07 Å². The van der Waals surface area contributed by atoms with Crippen LogP contribution in [0.1, 0.15) is 21.5 Å². The minimum absolute atomic E-state index is 0.0180. The van der Waals surface area contributed by atoms with Gasteiger partial charge in [-0.05, 0) is 23.8 Å². The summed E-state index contributed by atoms with van der Waals surface area (Å²) in [4.78, 5) is 28.2. The van der Waals surface area contributed by atoms with Gasteiger partial charge in [0.25, 0.3) is 5.91 Å². The average molecular weight is 574 g/mol. The van der Waals surface area contributed by atoms with E-state index in [4.69, 9.17) is 21.1 Å². The minimum atomic E-state index is -4.89. The van der Waals surface area contributed by atoms with Crippen LogP contribution in [-0.4, -0.2) is 39.8 Å². The molecule has 0 aliphatic carbocycles. The molecule has 8 nitrogen and oxygen atoms in total. The summed E-state index contributed by atoms with van der Waals surface area (Å²) in [5.41, 5.74) is -1.28. The van der Waals surface area contributed by atoms with E-state index in [1.54, 1.807) is 24.3 Å². The molecule has 202 valence electrons. The molecule has 38 heavy (non-hydrogen) atoms. The third-order valence-electron chi connectivity index (χ3n) is 4.78. The van der Waals surface area contributed by atoms with Crippen molar-refractivity contribution in [1.29, 1.82) is 0 Å². The van der Waals surface area contributed by atoms with Crippen molar-refractivity contribution in [3.05, 3.63) is 88.3 Å². The van der Waals surface area contributed by atoms with Gasteiger partial charge in [-0.3, -0.25) is 4.79 Å². The number of rotatable bonds is 8. The predicted molar refractivity (Wildman–Crippen MR) is 132 cm³/mol. The molecule has 1 unspecified atom stereocenters. The third kappa shape index (κ3) is 8.42. The summed E-state index contributed by atoms with van der Waals surface area (Å²) in [7, 11) is -3.00. The molecular formula is C24H20ClF4N3O5S. The Balaban J connectivity index is 1.57. The van der Waals surface area contributed by atoms with Gasteiger partial charge in [-0.15, -0.1) is 4.36 Å². The van der Waals surface area contributed by atoms with Gasteiger partial charge < -0.3 is 14.8 Å². The van der Waals surface area contributed by atoms with Gasteiger partial charge >= 0.3 is 12.3 Å². The predicted octanol–water partition coefficient (Wildman–Crippen LogP) is 5.96. The fourth-order valence-corrected chi connectivity index (χ4v) is 4.08. The summed E-state index contributed by atoms with van der Waals surface area (Å²) in [6.07, 6.45) is -3.37. The van der Waals surface area contributed by atoms with Gasteiger partial charge in [0, 0.05) is 24.2 Å². The summed E-state index contributed by atoms with van der Waals surface area (Å²) in [5, 5.41) is 1.48. The maximum absolute atomic E-state index is 14.2. The highest BCUT2D eigenvalue weighted by Crippen LogP contribution is 2.36. The smallest absolute Gasteiger partial charge is 0.442 e. The Labute approximate surface area is 220 Å². The molecule has 0 radical (unpaired) electrons. The highest BCUT2D eigenvalue weighted by atomic mass is 35.5. The number of benzene rings is 2. The van der Waals surface area contributed by atoms with E-state index in [1.165, 1.54) is 24.6 Å².